The first-order valence-corrected chi connectivity index (χ1v) is 9.60. The third-order valence-electron chi connectivity index (χ3n) is 3.97. The summed E-state index contributed by atoms with van der Waals surface area (Å²) in [6.07, 6.45) is 1.88. The molecular formula is C21H26ClN3O2. The Morgan fingerprint density at radius 2 is 1.63 bits per heavy atom. The Bertz CT molecular complexity index is 756. The van der Waals surface area contributed by atoms with Crippen LogP contribution >= 0.6 is 11.6 Å². The molecular weight excluding hydrogens is 362 g/mol. The summed E-state index contributed by atoms with van der Waals surface area (Å²) in [7, 11) is 0. The number of hydrogen-bond acceptors (Lipinski definition) is 3. The summed E-state index contributed by atoms with van der Waals surface area (Å²) in [6.45, 7) is 5.78. The Labute approximate surface area is 165 Å². The van der Waals surface area contributed by atoms with E-state index in [-0.39, 0.29) is 18.4 Å². The van der Waals surface area contributed by atoms with Gasteiger partial charge in [0.15, 0.2) is 0 Å². The van der Waals surface area contributed by atoms with Gasteiger partial charge >= 0.3 is 0 Å². The Balaban J connectivity index is 1.89. The van der Waals surface area contributed by atoms with Crippen LogP contribution in [-0.2, 0) is 4.79 Å². The predicted octanol–water partition coefficient (Wildman–Crippen LogP) is 4.65. The van der Waals surface area contributed by atoms with Crippen LogP contribution in [0.5, 0.6) is 0 Å². The van der Waals surface area contributed by atoms with Crippen LogP contribution in [-0.4, -0.2) is 36.3 Å². The fourth-order valence-electron chi connectivity index (χ4n) is 2.72. The van der Waals surface area contributed by atoms with Crippen LogP contribution in [0.15, 0.2) is 48.5 Å². The van der Waals surface area contributed by atoms with Gasteiger partial charge in [-0.1, -0.05) is 31.5 Å². The molecule has 0 fully saturated rings. The molecule has 0 aliphatic carbocycles. The van der Waals surface area contributed by atoms with Crippen LogP contribution in [0.1, 0.15) is 37.0 Å². The Hall–Kier alpha value is -2.53. The van der Waals surface area contributed by atoms with E-state index in [0.29, 0.717) is 16.3 Å². The molecule has 2 N–H and O–H groups in total. The first kappa shape index (κ1) is 20.8. The quantitative estimate of drug-likeness (QED) is 0.658. The first-order valence-electron chi connectivity index (χ1n) is 9.22. The van der Waals surface area contributed by atoms with Crippen molar-refractivity contribution in [1.29, 1.82) is 0 Å². The number of carbonyl (C=O) groups is 2. The number of amides is 2. The maximum absolute atomic E-state index is 12.6. The van der Waals surface area contributed by atoms with Gasteiger partial charge < -0.3 is 15.5 Å². The fraction of sp³-hybridized carbons (Fsp3) is 0.333. The summed E-state index contributed by atoms with van der Waals surface area (Å²) in [6, 6.07) is 14.2. The van der Waals surface area contributed by atoms with Gasteiger partial charge in [-0.05, 0) is 55.3 Å². The standard InChI is InChI=1S/C21H26ClN3O2/c1-3-12-25(13-4-2)21(27)16-8-10-18(11-9-16)23-15-20(26)24-19-7-5-6-17(22)14-19/h5-11,14,23H,3-4,12-13,15H2,1-2H3,(H,24,26). The van der Waals surface area contributed by atoms with Crippen LogP contribution in [0.4, 0.5) is 11.4 Å². The van der Waals surface area contributed by atoms with Crippen LogP contribution in [0, 0.1) is 0 Å². The van der Waals surface area contributed by atoms with Crippen molar-refractivity contribution in [3.8, 4) is 0 Å². The third-order valence-corrected chi connectivity index (χ3v) is 4.20. The monoisotopic (exact) mass is 387 g/mol. The SMILES string of the molecule is CCCN(CCC)C(=O)c1ccc(NCC(=O)Nc2cccc(Cl)c2)cc1. The van der Waals surface area contributed by atoms with Gasteiger partial charge in [-0.15, -0.1) is 0 Å². The van der Waals surface area contributed by atoms with Crippen molar-refractivity contribution in [2.24, 2.45) is 0 Å². The van der Waals surface area contributed by atoms with Crippen molar-refractivity contribution in [3.05, 3.63) is 59.1 Å². The van der Waals surface area contributed by atoms with Crippen molar-refractivity contribution in [2.75, 3.05) is 30.3 Å². The molecule has 0 aliphatic heterocycles. The van der Waals surface area contributed by atoms with Crippen LogP contribution in [0.25, 0.3) is 0 Å². The molecule has 0 atom stereocenters. The lowest BCUT2D eigenvalue weighted by Crippen LogP contribution is -2.32. The number of hydrogen-bond donors (Lipinski definition) is 2. The van der Waals surface area contributed by atoms with Gasteiger partial charge in [0.1, 0.15) is 0 Å². The highest BCUT2D eigenvalue weighted by Gasteiger charge is 2.14. The van der Waals surface area contributed by atoms with E-state index in [2.05, 4.69) is 24.5 Å². The number of nitrogens with zero attached hydrogens (tertiary/aromatic N) is 1. The number of anilines is 2. The number of nitrogens with one attached hydrogen (secondary N) is 2. The average Bonchev–Trinajstić information content (AvgIpc) is 2.66. The molecule has 0 bridgehead atoms. The zero-order valence-corrected chi connectivity index (χ0v) is 16.6. The van der Waals surface area contributed by atoms with E-state index < -0.39 is 0 Å². The van der Waals surface area contributed by atoms with Gasteiger partial charge in [0, 0.05) is 35.1 Å². The van der Waals surface area contributed by atoms with E-state index in [4.69, 9.17) is 11.6 Å². The number of halogens is 1. The molecule has 2 aromatic rings. The Morgan fingerprint density at radius 1 is 0.963 bits per heavy atom. The second-order valence-electron chi connectivity index (χ2n) is 6.28. The van der Waals surface area contributed by atoms with E-state index in [1.165, 1.54) is 0 Å². The summed E-state index contributed by atoms with van der Waals surface area (Å²) in [4.78, 5) is 26.5. The lowest BCUT2D eigenvalue weighted by atomic mass is 10.1. The van der Waals surface area contributed by atoms with E-state index in [0.717, 1.165) is 31.6 Å². The number of carbonyl (C=O) groups excluding carboxylic acids is 2. The van der Waals surface area contributed by atoms with Crippen molar-refractivity contribution >= 4 is 34.8 Å². The van der Waals surface area contributed by atoms with Gasteiger partial charge in [-0.25, -0.2) is 0 Å². The molecule has 144 valence electrons. The first-order chi connectivity index (χ1) is 13.0. The van der Waals surface area contributed by atoms with Crippen molar-refractivity contribution in [1.82, 2.24) is 4.90 Å². The molecule has 5 nitrogen and oxygen atoms in total. The van der Waals surface area contributed by atoms with E-state index in [9.17, 15) is 9.59 Å². The highest BCUT2D eigenvalue weighted by atomic mass is 35.5. The van der Waals surface area contributed by atoms with Gasteiger partial charge in [0.25, 0.3) is 5.91 Å². The normalized spacial score (nSPS) is 10.3. The average molecular weight is 388 g/mol. The fourth-order valence-corrected chi connectivity index (χ4v) is 2.91. The molecule has 0 saturated carbocycles. The van der Waals surface area contributed by atoms with Crippen molar-refractivity contribution in [2.45, 2.75) is 26.7 Å². The summed E-state index contributed by atoms with van der Waals surface area (Å²) < 4.78 is 0. The van der Waals surface area contributed by atoms with Crippen LogP contribution < -0.4 is 10.6 Å². The molecule has 2 aromatic carbocycles. The van der Waals surface area contributed by atoms with E-state index in [1.54, 1.807) is 36.4 Å². The smallest absolute Gasteiger partial charge is 0.253 e. The third kappa shape index (κ3) is 6.61. The highest BCUT2D eigenvalue weighted by Crippen LogP contribution is 2.15. The maximum Gasteiger partial charge on any atom is 0.253 e. The van der Waals surface area contributed by atoms with Crippen molar-refractivity contribution < 1.29 is 9.59 Å². The zero-order valence-electron chi connectivity index (χ0n) is 15.8. The molecule has 2 rings (SSSR count). The molecule has 0 aliphatic rings. The Kier molecular flexibility index (Phi) is 8.14. The van der Waals surface area contributed by atoms with E-state index >= 15 is 0 Å². The minimum absolute atomic E-state index is 0.0453. The second kappa shape index (κ2) is 10.6. The molecule has 2 amide bonds. The van der Waals surface area contributed by atoms with Gasteiger partial charge in [0.2, 0.25) is 5.91 Å². The molecule has 0 saturated heterocycles. The zero-order chi connectivity index (χ0) is 19.6. The largest absolute Gasteiger partial charge is 0.376 e. The van der Waals surface area contributed by atoms with Gasteiger partial charge in [-0.3, -0.25) is 9.59 Å². The lowest BCUT2D eigenvalue weighted by molar-refractivity contribution is -0.114. The predicted molar refractivity (Wildman–Crippen MR) is 111 cm³/mol. The van der Waals surface area contributed by atoms with Crippen LogP contribution in [0.2, 0.25) is 5.02 Å². The maximum atomic E-state index is 12.6. The molecule has 0 unspecified atom stereocenters. The number of rotatable bonds is 9. The molecule has 27 heavy (non-hydrogen) atoms. The summed E-state index contributed by atoms with van der Waals surface area (Å²) >= 11 is 5.91. The second-order valence-corrected chi connectivity index (χ2v) is 6.72. The summed E-state index contributed by atoms with van der Waals surface area (Å²) in [5, 5.41) is 6.40. The minimum atomic E-state index is -0.172. The molecule has 0 radical (unpaired) electrons. The van der Waals surface area contributed by atoms with Crippen LogP contribution in [0.3, 0.4) is 0 Å². The summed E-state index contributed by atoms with van der Waals surface area (Å²) in [5.74, 6) is -0.126. The molecule has 0 aromatic heterocycles. The van der Waals surface area contributed by atoms with Gasteiger partial charge in [0.05, 0.1) is 6.54 Å². The summed E-state index contributed by atoms with van der Waals surface area (Å²) in [5.41, 5.74) is 2.10. The topological polar surface area (TPSA) is 61.4 Å². The van der Waals surface area contributed by atoms with Crippen molar-refractivity contribution in [3.63, 3.8) is 0 Å². The minimum Gasteiger partial charge on any atom is -0.376 e. The number of benzene rings is 2. The molecule has 0 heterocycles. The Morgan fingerprint density at radius 3 is 2.22 bits per heavy atom. The van der Waals surface area contributed by atoms with E-state index in [1.807, 2.05) is 17.0 Å². The molecule has 6 heteroatoms. The lowest BCUT2D eigenvalue weighted by Gasteiger charge is -2.21. The molecule has 0 spiro atoms. The van der Waals surface area contributed by atoms with Gasteiger partial charge in [-0.2, -0.15) is 0 Å². The highest BCUT2D eigenvalue weighted by molar-refractivity contribution is 6.30.